The third kappa shape index (κ3) is 3.16. The molecule has 0 radical (unpaired) electrons. The van der Waals surface area contributed by atoms with Crippen molar-refractivity contribution in [3.63, 3.8) is 0 Å². The molecule has 6 heteroatoms. The molecule has 1 N–H and O–H groups in total. The number of carbonyl (C=O) groups is 1. The number of aryl methyl sites for hydroxylation is 1. The summed E-state index contributed by atoms with van der Waals surface area (Å²) in [7, 11) is 1.68. The van der Waals surface area contributed by atoms with E-state index in [1.165, 1.54) is 16.6 Å². The van der Waals surface area contributed by atoms with Gasteiger partial charge in [-0.05, 0) is 11.1 Å². The van der Waals surface area contributed by atoms with Crippen LogP contribution >= 0.6 is 15.9 Å². The highest BCUT2D eigenvalue weighted by atomic mass is 79.9. The Morgan fingerprint density at radius 3 is 2.56 bits per heavy atom. The van der Waals surface area contributed by atoms with Crippen molar-refractivity contribution in [1.82, 2.24) is 20.3 Å². The minimum absolute atomic E-state index is 0.215. The molecule has 1 aromatic heterocycles. The third-order valence-electron chi connectivity index (χ3n) is 2.46. The van der Waals surface area contributed by atoms with E-state index in [1.807, 2.05) is 24.3 Å². The Hall–Kier alpha value is -1.69. The molecular formula is C12H13BrN4O. The summed E-state index contributed by atoms with van der Waals surface area (Å²) in [6, 6.07) is 8.04. The Kier molecular flexibility index (Phi) is 4.09. The zero-order valence-corrected chi connectivity index (χ0v) is 11.5. The monoisotopic (exact) mass is 308 g/mol. The van der Waals surface area contributed by atoms with Crippen LogP contribution in [0.15, 0.2) is 30.5 Å². The lowest BCUT2D eigenvalue weighted by Gasteiger charge is -2.04. The molecule has 1 heterocycles. The van der Waals surface area contributed by atoms with Gasteiger partial charge in [0, 0.05) is 18.9 Å². The van der Waals surface area contributed by atoms with Crippen LogP contribution in [0.1, 0.15) is 21.6 Å². The fraction of sp³-hybridized carbons (Fsp3) is 0.250. The lowest BCUT2D eigenvalue weighted by molar-refractivity contribution is 0.0945. The molecule has 0 aliphatic carbocycles. The maximum atomic E-state index is 11.7. The van der Waals surface area contributed by atoms with Crippen molar-refractivity contribution in [2.24, 2.45) is 7.05 Å². The number of aromatic nitrogens is 3. The fourth-order valence-corrected chi connectivity index (χ4v) is 1.84. The van der Waals surface area contributed by atoms with Gasteiger partial charge in [0.05, 0.1) is 6.20 Å². The van der Waals surface area contributed by atoms with Crippen LogP contribution < -0.4 is 5.32 Å². The molecule has 0 spiro atoms. The molecule has 18 heavy (non-hydrogen) atoms. The summed E-state index contributed by atoms with van der Waals surface area (Å²) >= 11 is 3.39. The zero-order chi connectivity index (χ0) is 13.0. The van der Waals surface area contributed by atoms with Crippen molar-refractivity contribution in [3.05, 3.63) is 47.3 Å². The van der Waals surface area contributed by atoms with Gasteiger partial charge in [-0.25, -0.2) is 0 Å². The Morgan fingerprint density at radius 2 is 2.00 bits per heavy atom. The second-order valence-electron chi connectivity index (χ2n) is 3.85. The van der Waals surface area contributed by atoms with Gasteiger partial charge in [-0.15, -0.1) is 5.10 Å². The van der Waals surface area contributed by atoms with E-state index in [0.717, 1.165) is 10.9 Å². The molecular weight excluding hydrogens is 296 g/mol. The molecule has 0 fully saturated rings. The molecule has 0 aliphatic rings. The Labute approximate surface area is 113 Å². The van der Waals surface area contributed by atoms with Crippen LogP contribution in [-0.4, -0.2) is 20.9 Å². The van der Waals surface area contributed by atoms with Crippen LogP contribution in [0.25, 0.3) is 0 Å². The predicted molar refractivity (Wildman–Crippen MR) is 71.2 cm³/mol. The largest absolute Gasteiger partial charge is 0.347 e. The second kappa shape index (κ2) is 5.77. The van der Waals surface area contributed by atoms with Gasteiger partial charge in [-0.3, -0.25) is 4.79 Å². The predicted octanol–water partition coefficient (Wildman–Crippen LogP) is 1.64. The highest BCUT2D eigenvalue weighted by Crippen LogP contribution is 2.07. The van der Waals surface area contributed by atoms with E-state index < -0.39 is 0 Å². The summed E-state index contributed by atoms with van der Waals surface area (Å²) in [5.74, 6) is -0.215. The van der Waals surface area contributed by atoms with Crippen LogP contribution in [0.2, 0.25) is 0 Å². The van der Waals surface area contributed by atoms with E-state index in [-0.39, 0.29) is 5.91 Å². The molecule has 0 atom stereocenters. The third-order valence-corrected chi connectivity index (χ3v) is 3.11. The van der Waals surface area contributed by atoms with Crippen LogP contribution in [0.4, 0.5) is 0 Å². The molecule has 1 amide bonds. The number of rotatable bonds is 4. The number of amides is 1. The van der Waals surface area contributed by atoms with Gasteiger partial charge in [-0.2, -0.15) is 9.90 Å². The average Bonchev–Trinajstić information content (AvgIpc) is 2.83. The highest BCUT2D eigenvalue weighted by Gasteiger charge is 2.08. The number of nitrogens with one attached hydrogen (secondary N) is 1. The molecule has 0 saturated carbocycles. The van der Waals surface area contributed by atoms with Gasteiger partial charge < -0.3 is 5.32 Å². The summed E-state index contributed by atoms with van der Waals surface area (Å²) < 4.78 is 0. The van der Waals surface area contributed by atoms with Crippen LogP contribution in [0.5, 0.6) is 0 Å². The number of hydrogen-bond acceptors (Lipinski definition) is 3. The Morgan fingerprint density at radius 1 is 1.33 bits per heavy atom. The first-order valence-electron chi connectivity index (χ1n) is 5.47. The minimum atomic E-state index is -0.215. The molecule has 0 saturated heterocycles. The molecule has 0 unspecified atom stereocenters. The molecule has 0 bridgehead atoms. The lowest BCUT2D eigenvalue weighted by Crippen LogP contribution is -2.23. The van der Waals surface area contributed by atoms with Gasteiger partial charge >= 0.3 is 0 Å². The SMILES string of the molecule is Cn1ncc(C(=O)NCc2ccc(CBr)cc2)n1. The summed E-state index contributed by atoms with van der Waals surface area (Å²) in [6.45, 7) is 0.484. The van der Waals surface area contributed by atoms with E-state index in [2.05, 4.69) is 31.4 Å². The Balaban J connectivity index is 1.92. The minimum Gasteiger partial charge on any atom is -0.347 e. The first-order valence-corrected chi connectivity index (χ1v) is 6.59. The summed E-state index contributed by atoms with van der Waals surface area (Å²) in [5, 5.41) is 11.4. The number of benzene rings is 1. The van der Waals surface area contributed by atoms with Gasteiger partial charge in [-0.1, -0.05) is 40.2 Å². The van der Waals surface area contributed by atoms with Crippen molar-refractivity contribution < 1.29 is 4.79 Å². The number of hydrogen-bond donors (Lipinski definition) is 1. The summed E-state index contributed by atoms with van der Waals surface area (Å²) in [5.41, 5.74) is 2.59. The van der Waals surface area contributed by atoms with Gasteiger partial charge in [0.25, 0.3) is 5.91 Å². The maximum Gasteiger partial charge on any atom is 0.273 e. The number of nitrogens with zero attached hydrogens (tertiary/aromatic N) is 3. The highest BCUT2D eigenvalue weighted by molar-refractivity contribution is 9.08. The molecule has 1 aromatic carbocycles. The number of carbonyl (C=O) groups excluding carboxylic acids is 1. The molecule has 2 aromatic rings. The van der Waals surface area contributed by atoms with Crippen molar-refractivity contribution in [2.75, 3.05) is 0 Å². The van der Waals surface area contributed by atoms with E-state index in [0.29, 0.717) is 12.2 Å². The topological polar surface area (TPSA) is 59.8 Å². The molecule has 94 valence electrons. The van der Waals surface area contributed by atoms with E-state index >= 15 is 0 Å². The van der Waals surface area contributed by atoms with Crippen LogP contribution in [-0.2, 0) is 18.9 Å². The summed E-state index contributed by atoms with van der Waals surface area (Å²) in [6.07, 6.45) is 1.45. The number of alkyl halides is 1. The fourth-order valence-electron chi connectivity index (χ4n) is 1.47. The van der Waals surface area contributed by atoms with E-state index in [1.54, 1.807) is 7.05 Å². The average molecular weight is 309 g/mol. The normalized spacial score (nSPS) is 10.3. The smallest absolute Gasteiger partial charge is 0.273 e. The lowest BCUT2D eigenvalue weighted by atomic mass is 10.1. The molecule has 2 rings (SSSR count). The van der Waals surface area contributed by atoms with Gasteiger partial charge in [0.2, 0.25) is 0 Å². The van der Waals surface area contributed by atoms with Crippen LogP contribution in [0, 0.1) is 0 Å². The first-order chi connectivity index (χ1) is 8.69. The van der Waals surface area contributed by atoms with Gasteiger partial charge in [0.1, 0.15) is 0 Å². The van der Waals surface area contributed by atoms with Crippen LogP contribution in [0.3, 0.4) is 0 Å². The van der Waals surface area contributed by atoms with Crippen molar-refractivity contribution in [3.8, 4) is 0 Å². The van der Waals surface area contributed by atoms with E-state index in [4.69, 9.17) is 0 Å². The Bertz CT molecular complexity index is 535. The number of halogens is 1. The second-order valence-corrected chi connectivity index (χ2v) is 4.41. The zero-order valence-electron chi connectivity index (χ0n) is 9.93. The maximum absolute atomic E-state index is 11.7. The van der Waals surface area contributed by atoms with Crippen molar-refractivity contribution in [2.45, 2.75) is 11.9 Å². The van der Waals surface area contributed by atoms with Gasteiger partial charge in [0.15, 0.2) is 5.69 Å². The van der Waals surface area contributed by atoms with E-state index in [9.17, 15) is 4.79 Å². The van der Waals surface area contributed by atoms with Crippen molar-refractivity contribution in [1.29, 1.82) is 0 Å². The van der Waals surface area contributed by atoms with Crippen molar-refractivity contribution >= 4 is 21.8 Å². The molecule has 5 nitrogen and oxygen atoms in total. The molecule has 0 aliphatic heterocycles. The summed E-state index contributed by atoms with van der Waals surface area (Å²) in [4.78, 5) is 13.1. The standard InChI is InChI=1S/C12H13BrN4O/c1-17-15-8-11(16-17)12(18)14-7-10-4-2-9(6-13)3-5-10/h2-5,8H,6-7H2,1H3,(H,14,18). The first kappa shape index (κ1) is 12.8. The quantitative estimate of drug-likeness (QED) is 0.874.